The molecule has 0 aromatic heterocycles. The largest absolute Gasteiger partial charge is 0.283 e. The van der Waals surface area contributed by atoms with Gasteiger partial charge in [-0.2, -0.15) is 0 Å². The Morgan fingerprint density at radius 2 is 1.69 bits per heavy atom. The molecule has 0 saturated heterocycles. The van der Waals surface area contributed by atoms with Crippen molar-refractivity contribution in [3.8, 4) is 0 Å². The van der Waals surface area contributed by atoms with E-state index in [2.05, 4.69) is 4.72 Å². The maximum Gasteiger partial charge on any atom is 0.235 e. The molecule has 1 aromatic carbocycles. The van der Waals surface area contributed by atoms with E-state index in [1.54, 1.807) is 12.1 Å². The van der Waals surface area contributed by atoms with Gasteiger partial charge in [-0.3, -0.25) is 4.72 Å². The molecular formula is C12H19NO2S. The van der Waals surface area contributed by atoms with E-state index in [0.29, 0.717) is 5.69 Å². The van der Waals surface area contributed by atoms with Crippen LogP contribution >= 0.6 is 0 Å². The smallest absolute Gasteiger partial charge is 0.235 e. The highest BCUT2D eigenvalue weighted by molar-refractivity contribution is 7.93. The van der Waals surface area contributed by atoms with Gasteiger partial charge in [-0.15, -0.1) is 0 Å². The fraction of sp³-hybridized carbons (Fsp3) is 0.500. The lowest BCUT2D eigenvalue weighted by atomic mass is 10.0. The fourth-order valence-electron chi connectivity index (χ4n) is 2.13. The quantitative estimate of drug-likeness (QED) is 0.884. The number of anilines is 1. The predicted molar refractivity (Wildman–Crippen MR) is 68.0 cm³/mol. The molecule has 1 aromatic rings. The van der Waals surface area contributed by atoms with Crippen LogP contribution in [0.4, 0.5) is 5.69 Å². The summed E-state index contributed by atoms with van der Waals surface area (Å²) in [5, 5.41) is -0.207. The molecule has 3 nitrogen and oxygen atoms in total. The van der Waals surface area contributed by atoms with Crippen molar-refractivity contribution in [3.05, 3.63) is 30.3 Å². The van der Waals surface area contributed by atoms with Gasteiger partial charge in [-0.05, 0) is 25.0 Å². The first-order chi connectivity index (χ1) is 7.68. The lowest BCUT2D eigenvalue weighted by Crippen LogP contribution is -2.29. The third kappa shape index (κ3) is 2.76. The zero-order chi connectivity index (χ0) is 11.4. The molecule has 1 N–H and O–H groups in total. The highest BCUT2D eigenvalue weighted by Crippen LogP contribution is 2.25. The lowest BCUT2D eigenvalue weighted by molar-refractivity contribution is 0.486. The fourth-order valence-corrected chi connectivity index (χ4v) is 3.71. The molecule has 16 heavy (non-hydrogen) atoms. The summed E-state index contributed by atoms with van der Waals surface area (Å²) in [4.78, 5) is 0. The van der Waals surface area contributed by atoms with Crippen LogP contribution in [0.3, 0.4) is 0 Å². The van der Waals surface area contributed by atoms with Gasteiger partial charge in [0.05, 0.1) is 5.25 Å². The molecule has 0 bridgehead atoms. The van der Waals surface area contributed by atoms with Gasteiger partial charge in [0, 0.05) is 7.11 Å². The zero-order valence-electron chi connectivity index (χ0n) is 9.22. The number of para-hydroxylation sites is 1. The van der Waals surface area contributed by atoms with E-state index in [1.807, 2.05) is 18.2 Å². The summed E-state index contributed by atoms with van der Waals surface area (Å²) in [7, 11) is -3.19. The molecule has 1 saturated carbocycles. The van der Waals surface area contributed by atoms with E-state index < -0.39 is 10.0 Å². The molecule has 0 aliphatic heterocycles. The minimum absolute atomic E-state index is 0. The van der Waals surface area contributed by atoms with Crippen molar-refractivity contribution in [3.63, 3.8) is 0 Å². The van der Waals surface area contributed by atoms with Crippen molar-refractivity contribution >= 4 is 15.7 Å². The van der Waals surface area contributed by atoms with Gasteiger partial charge < -0.3 is 0 Å². The molecule has 90 valence electrons. The van der Waals surface area contributed by atoms with E-state index in [4.69, 9.17) is 0 Å². The number of sulfonamides is 1. The molecule has 0 radical (unpaired) electrons. The van der Waals surface area contributed by atoms with Crippen LogP contribution in [0.2, 0.25) is 0 Å². The zero-order valence-corrected chi connectivity index (χ0v) is 10.0. The average molecular weight is 241 g/mol. The maximum atomic E-state index is 12.0. The van der Waals surface area contributed by atoms with Gasteiger partial charge in [0.1, 0.15) is 0 Å². The molecular weight excluding hydrogens is 222 g/mol. The van der Waals surface area contributed by atoms with Crippen LogP contribution in [-0.2, 0) is 10.0 Å². The van der Waals surface area contributed by atoms with Gasteiger partial charge in [0.15, 0.2) is 0 Å². The second kappa shape index (κ2) is 4.87. The summed E-state index contributed by atoms with van der Waals surface area (Å²) in [5.74, 6) is 0. The molecule has 4 heteroatoms. The number of nitrogens with one attached hydrogen (secondary N) is 1. The van der Waals surface area contributed by atoms with Crippen molar-refractivity contribution in [2.75, 3.05) is 4.72 Å². The molecule has 0 unspecified atom stereocenters. The molecule has 2 rings (SSSR count). The maximum absolute atomic E-state index is 12.0. The van der Waals surface area contributed by atoms with Crippen LogP contribution in [0.15, 0.2) is 30.3 Å². The monoisotopic (exact) mass is 241 g/mol. The topological polar surface area (TPSA) is 46.2 Å². The van der Waals surface area contributed by atoms with Crippen LogP contribution in [0.25, 0.3) is 0 Å². The molecule has 0 heterocycles. The highest BCUT2D eigenvalue weighted by Gasteiger charge is 2.26. The summed E-state index contributed by atoms with van der Waals surface area (Å²) >= 11 is 0. The first-order valence-electron chi connectivity index (χ1n) is 5.75. The van der Waals surface area contributed by atoms with Gasteiger partial charge in [-0.1, -0.05) is 37.5 Å². The van der Waals surface area contributed by atoms with Gasteiger partial charge in [-0.25, -0.2) is 8.42 Å². The Balaban J connectivity index is 0.00000144. The van der Waals surface area contributed by atoms with E-state index >= 15 is 0 Å². The number of hydrogen-bond donors (Lipinski definition) is 1. The van der Waals surface area contributed by atoms with Crippen LogP contribution in [0.1, 0.15) is 33.5 Å². The summed E-state index contributed by atoms with van der Waals surface area (Å²) in [6.07, 6.45) is 4.81. The second-order valence-electron chi connectivity index (χ2n) is 4.27. The van der Waals surface area contributed by atoms with Crippen molar-refractivity contribution in [1.82, 2.24) is 0 Å². The predicted octanol–water partition coefficient (Wildman–Crippen LogP) is 3.01. The third-order valence-corrected chi connectivity index (χ3v) is 4.89. The third-order valence-electron chi connectivity index (χ3n) is 3.02. The van der Waals surface area contributed by atoms with Gasteiger partial charge in [0.25, 0.3) is 0 Å². The Hall–Kier alpha value is -1.03. The Morgan fingerprint density at radius 1 is 1.06 bits per heavy atom. The Labute approximate surface area is 98.4 Å². The van der Waals surface area contributed by atoms with E-state index in [0.717, 1.165) is 32.1 Å². The SMILES string of the molecule is O=S(=O)(Nc1ccccc1)C1CCCCC1.[HH]. The summed E-state index contributed by atoms with van der Waals surface area (Å²) in [5.41, 5.74) is 0.660. The minimum atomic E-state index is -3.19. The Morgan fingerprint density at radius 3 is 2.31 bits per heavy atom. The lowest BCUT2D eigenvalue weighted by Gasteiger charge is -2.22. The highest BCUT2D eigenvalue weighted by atomic mass is 32.2. The van der Waals surface area contributed by atoms with Crippen LogP contribution in [-0.4, -0.2) is 13.7 Å². The molecule has 1 fully saturated rings. The van der Waals surface area contributed by atoms with Gasteiger partial charge in [0.2, 0.25) is 10.0 Å². The number of rotatable bonds is 3. The first-order valence-corrected chi connectivity index (χ1v) is 7.30. The molecule has 1 aliphatic rings. The molecule has 1 aliphatic carbocycles. The number of benzene rings is 1. The second-order valence-corrected chi connectivity index (χ2v) is 6.23. The standard InChI is InChI=1S/C12H17NO2S.H2/c14-16(15,12-9-5-2-6-10-12)13-11-7-3-1-4-8-11;/h1,3-4,7-8,12-13H,2,5-6,9-10H2;1H. The summed E-state index contributed by atoms with van der Waals surface area (Å²) in [6, 6.07) is 9.09. The number of hydrogen-bond acceptors (Lipinski definition) is 2. The Bertz CT molecular complexity index is 427. The summed E-state index contributed by atoms with van der Waals surface area (Å²) in [6.45, 7) is 0. The van der Waals surface area contributed by atoms with Crippen LogP contribution in [0, 0.1) is 0 Å². The molecule has 0 amide bonds. The van der Waals surface area contributed by atoms with E-state index in [9.17, 15) is 8.42 Å². The van der Waals surface area contributed by atoms with Gasteiger partial charge >= 0.3 is 0 Å². The van der Waals surface area contributed by atoms with Crippen molar-refractivity contribution < 1.29 is 9.84 Å². The average Bonchev–Trinajstić information content (AvgIpc) is 2.31. The van der Waals surface area contributed by atoms with Crippen LogP contribution in [0.5, 0.6) is 0 Å². The Kier molecular flexibility index (Phi) is 3.49. The first kappa shape index (κ1) is 11.5. The minimum Gasteiger partial charge on any atom is -0.283 e. The van der Waals surface area contributed by atoms with E-state index in [1.165, 1.54) is 0 Å². The van der Waals surface area contributed by atoms with E-state index in [-0.39, 0.29) is 6.68 Å². The van der Waals surface area contributed by atoms with Crippen LogP contribution < -0.4 is 4.72 Å². The normalized spacial score (nSPS) is 18.2. The van der Waals surface area contributed by atoms with Crippen molar-refractivity contribution in [2.45, 2.75) is 37.4 Å². The van der Waals surface area contributed by atoms with Crippen molar-refractivity contribution in [1.29, 1.82) is 0 Å². The summed E-state index contributed by atoms with van der Waals surface area (Å²) < 4.78 is 26.7. The van der Waals surface area contributed by atoms with Crippen molar-refractivity contribution in [2.24, 2.45) is 0 Å². The molecule has 0 atom stereocenters. The molecule has 0 spiro atoms.